The predicted octanol–water partition coefficient (Wildman–Crippen LogP) is 3.18. The van der Waals surface area contributed by atoms with Crippen LogP contribution in [0.2, 0.25) is 0 Å². The molecule has 1 N–H and O–H groups in total. The second kappa shape index (κ2) is 6.99. The molecule has 3 aromatic rings. The van der Waals surface area contributed by atoms with Crippen LogP contribution in [0.1, 0.15) is 36.1 Å². The van der Waals surface area contributed by atoms with Gasteiger partial charge in [0.2, 0.25) is 5.91 Å². The van der Waals surface area contributed by atoms with E-state index >= 15 is 0 Å². The summed E-state index contributed by atoms with van der Waals surface area (Å²) in [6, 6.07) is 15.9. The Balaban J connectivity index is 1.57. The van der Waals surface area contributed by atoms with E-state index in [0.29, 0.717) is 17.0 Å². The Morgan fingerprint density at radius 1 is 1.15 bits per heavy atom. The fourth-order valence-corrected chi connectivity index (χ4v) is 4.20. The van der Waals surface area contributed by atoms with Gasteiger partial charge in [-0.3, -0.25) is 9.59 Å². The molecule has 0 radical (unpaired) electrons. The molecule has 2 unspecified atom stereocenters. The Hall–Kier alpha value is -2.95. The van der Waals surface area contributed by atoms with Gasteiger partial charge in [-0.1, -0.05) is 42.5 Å². The van der Waals surface area contributed by atoms with Crippen molar-refractivity contribution < 1.29 is 4.79 Å². The van der Waals surface area contributed by atoms with Crippen LogP contribution in [0.25, 0.3) is 10.8 Å². The van der Waals surface area contributed by atoms with Gasteiger partial charge in [0.05, 0.1) is 17.5 Å². The minimum Gasteiger partial charge on any atom is -0.339 e. The number of nitrogens with zero attached hydrogens (tertiary/aromatic N) is 2. The molecular formula is C22H23N3O2. The summed E-state index contributed by atoms with van der Waals surface area (Å²) in [5.41, 5.74) is 3.00. The summed E-state index contributed by atoms with van der Waals surface area (Å²) in [6.07, 6.45) is 1.17. The first-order chi connectivity index (χ1) is 13.0. The van der Waals surface area contributed by atoms with E-state index in [1.54, 1.807) is 6.07 Å². The molecule has 1 aliphatic heterocycles. The quantitative estimate of drug-likeness (QED) is 0.779. The number of hydrogen-bond acceptors (Lipinski definition) is 3. The van der Waals surface area contributed by atoms with Crippen molar-refractivity contribution in [2.75, 3.05) is 6.54 Å². The van der Waals surface area contributed by atoms with E-state index in [4.69, 9.17) is 0 Å². The van der Waals surface area contributed by atoms with Crippen LogP contribution in [-0.4, -0.2) is 33.6 Å². The van der Waals surface area contributed by atoms with Crippen LogP contribution in [0.4, 0.5) is 0 Å². The molecule has 2 atom stereocenters. The maximum absolute atomic E-state index is 13.0. The Bertz CT molecular complexity index is 1060. The summed E-state index contributed by atoms with van der Waals surface area (Å²) in [7, 11) is 0. The highest BCUT2D eigenvalue weighted by Crippen LogP contribution is 2.33. The summed E-state index contributed by atoms with van der Waals surface area (Å²) in [6.45, 7) is 4.96. The van der Waals surface area contributed by atoms with Gasteiger partial charge in [-0.15, -0.1) is 0 Å². The topological polar surface area (TPSA) is 66.1 Å². The van der Waals surface area contributed by atoms with Crippen LogP contribution in [0.15, 0.2) is 53.3 Å². The minimum absolute atomic E-state index is 0.0586. The number of rotatable bonds is 3. The molecule has 2 aromatic carbocycles. The molecule has 138 valence electrons. The lowest BCUT2D eigenvalue weighted by molar-refractivity contribution is -0.131. The smallest absolute Gasteiger partial charge is 0.272 e. The number of carbonyl (C=O) groups is 1. The van der Waals surface area contributed by atoms with Crippen LogP contribution in [-0.2, 0) is 11.2 Å². The zero-order chi connectivity index (χ0) is 19.0. The van der Waals surface area contributed by atoms with Gasteiger partial charge in [-0.2, -0.15) is 5.10 Å². The molecular weight excluding hydrogens is 338 g/mol. The number of nitrogens with one attached hydrogen (secondary N) is 1. The average molecular weight is 361 g/mol. The van der Waals surface area contributed by atoms with E-state index in [2.05, 4.69) is 42.2 Å². The Morgan fingerprint density at radius 3 is 2.63 bits per heavy atom. The minimum atomic E-state index is -0.226. The molecule has 0 spiro atoms. The molecule has 2 heterocycles. The number of aromatic nitrogens is 2. The SMILES string of the molecule is Cc1ccccc1C1CC(C)N(C(=O)Cc2n[nH]c(=O)c3ccccc23)C1. The van der Waals surface area contributed by atoms with Gasteiger partial charge in [0.25, 0.3) is 5.56 Å². The zero-order valence-corrected chi connectivity index (χ0v) is 15.6. The van der Waals surface area contributed by atoms with Gasteiger partial charge >= 0.3 is 0 Å². The van der Waals surface area contributed by atoms with Crippen molar-refractivity contribution in [3.05, 3.63) is 75.7 Å². The highest BCUT2D eigenvalue weighted by atomic mass is 16.2. The van der Waals surface area contributed by atoms with E-state index in [0.717, 1.165) is 18.4 Å². The van der Waals surface area contributed by atoms with Gasteiger partial charge in [0.15, 0.2) is 0 Å². The van der Waals surface area contributed by atoms with Gasteiger partial charge < -0.3 is 4.90 Å². The van der Waals surface area contributed by atoms with Crippen molar-refractivity contribution in [2.45, 2.75) is 38.6 Å². The molecule has 1 saturated heterocycles. The lowest BCUT2D eigenvalue weighted by Crippen LogP contribution is -2.35. The van der Waals surface area contributed by atoms with Gasteiger partial charge in [0.1, 0.15) is 0 Å². The van der Waals surface area contributed by atoms with Crippen LogP contribution in [0, 0.1) is 6.92 Å². The number of fused-ring (bicyclic) bond motifs is 1. The van der Waals surface area contributed by atoms with Crippen LogP contribution in [0.5, 0.6) is 0 Å². The fraction of sp³-hybridized carbons (Fsp3) is 0.318. The molecule has 0 saturated carbocycles. The van der Waals surface area contributed by atoms with Crippen LogP contribution < -0.4 is 5.56 Å². The number of likely N-dealkylation sites (tertiary alicyclic amines) is 1. The molecule has 1 amide bonds. The summed E-state index contributed by atoms with van der Waals surface area (Å²) < 4.78 is 0. The number of H-pyrrole nitrogens is 1. The standard InChI is InChI=1S/C22H23N3O2/c1-14-7-3-4-8-17(14)16-11-15(2)25(13-16)21(26)12-20-18-9-5-6-10-19(18)22(27)24-23-20/h3-10,15-16H,11-13H2,1-2H3,(H,24,27). The molecule has 0 bridgehead atoms. The summed E-state index contributed by atoms with van der Waals surface area (Å²) >= 11 is 0. The number of benzene rings is 2. The first kappa shape index (κ1) is 17.5. The molecule has 1 aliphatic rings. The third-order valence-corrected chi connectivity index (χ3v) is 5.62. The lowest BCUT2D eigenvalue weighted by atomic mass is 9.93. The van der Waals surface area contributed by atoms with Crippen LogP contribution >= 0.6 is 0 Å². The summed E-state index contributed by atoms with van der Waals surface area (Å²) in [4.78, 5) is 26.9. The maximum Gasteiger partial charge on any atom is 0.272 e. The zero-order valence-electron chi connectivity index (χ0n) is 15.6. The van der Waals surface area contributed by atoms with Gasteiger partial charge in [-0.25, -0.2) is 5.10 Å². The normalized spacial score (nSPS) is 19.6. The Kier molecular flexibility index (Phi) is 4.52. The predicted molar refractivity (Wildman–Crippen MR) is 106 cm³/mol. The summed E-state index contributed by atoms with van der Waals surface area (Å²) in [5.74, 6) is 0.425. The van der Waals surface area contributed by atoms with E-state index in [9.17, 15) is 9.59 Å². The molecule has 5 nitrogen and oxygen atoms in total. The van der Waals surface area contributed by atoms with Crippen molar-refractivity contribution >= 4 is 16.7 Å². The van der Waals surface area contributed by atoms with Crippen LogP contribution in [0.3, 0.4) is 0 Å². The average Bonchev–Trinajstić information content (AvgIpc) is 3.06. The second-order valence-electron chi connectivity index (χ2n) is 7.41. The monoisotopic (exact) mass is 361 g/mol. The molecule has 5 heteroatoms. The third kappa shape index (κ3) is 3.25. The Morgan fingerprint density at radius 2 is 1.85 bits per heavy atom. The molecule has 4 rings (SSSR count). The Labute approximate surface area is 158 Å². The second-order valence-corrected chi connectivity index (χ2v) is 7.41. The largest absolute Gasteiger partial charge is 0.339 e. The van der Waals surface area contributed by atoms with E-state index in [1.165, 1.54) is 11.1 Å². The van der Waals surface area contributed by atoms with Gasteiger partial charge in [0, 0.05) is 23.9 Å². The first-order valence-electron chi connectivity index (χ1n) is 9.36. The molecule has 0 aliphatic carbocycles. The highest BCUT2D eigenvalue weighted by molar-refractivity contribution is 5.88. The lowest BCUT2D eigenvalue weighted by Gasteiger charge is -2.21. The van der Waals surface area contributed by atoms with Gasteiger partial charge in [-0.05, 0) is 37.5 Å². The number of aryl methyl sites for hydroxylation is 1. The number of carbonyl (C=O) groups excluding carboxylic acids is 1. The molecule has 27 heavy (non-hydrogen) atoms. The highest BCUT2D eigenvalue weighted by Gasteiger charge is 2.33. The number of amides is 1. The van der Waals surface area contributed by atoms with E-state index < -0.39 is 0 Å². The van der Waals surface area contributed by atoms with Crippen molar-refractivity contribution in [1.82, 2.24) is 15.1 Å². The summed E-state index contributed by atoms with van der Waals surface area (Å²) in [5, 5.41) is 7.98. The number of aromatic amines is 1. The molecule has 1 fully saturated rings. The van der Waals surface area contributed by atoms with Crippen molar-refractivity contribution in [2.24, 2.45) is 0 Å². The fourth-order valence-electron chi connectivity index (χ4n) is 4.20. The van der Waals surface area contributed by atoms with Crippen molar-refractivity contribution in [3.63, 3.8) is 0 Å². The van der Waals surface area contributed by atoms with E-state index in [1.807, 2.05) is 29.2 Å². The van der Waals surface area contributed by atoms with Crippen molar-refractivity contribution in [1.29, 1.82) is 0 Å². The van der Waals surface area contributed by atoms with E-state index in [-0.39, 0.29) is 23.9 Å². The third-order valence-electron chi connectivity index (χ3n) is 5.62. The number of hydrogen-bond donors (Lipinski definition) is 1. The van der Waals surface area contributed by atoms with Crippen molar-refractivity contribution in [3.8, 4) is 0 Å². The molecule has 1 aromatic heterocycles. The first-order valence-corrected chi connectivity index (χ1v) is 9.36. The maximum atomic E-state index is 13.0.